The zero-order chi connectivity index (χ0) is 17.5. The van der Waals surface area contributed by atoms with Gasteiger partial charge in [-0.15, -0.1) is 0 Å². The van der Waals surface area contributed by atoms with Crippen molar-refractivity contribution in [3.05, 3.63) is 30.3 Å². The van der Waals surface area contributed by atoms with Crippen molar-refractivity contribution in [2.75, 3.05) is 6.61 Å². The van der Waals surface area contributed by atoms with E-state index < -0.39 is 10.1 Å². The quantitative estimate of drug-likeness (QED) is 0.223. The zero-order valence-corrected chi connectivity index (χ0v) is 18.1. The van der Waals surface area contributed by atoms with Gasteiger partial charge in [0.2, 0.25) is 0 Å². The highest BCUT2D eigenvalue weighted by Gasteiger charge is 2.13. The van der Waals surface area contributed by atoms with Crippen molar-refractivity contribution in [2.24, 2.45) is 0 Å². The number of hydrogen-bond acceptors (Lipinski definition) is 3. The largest absolute Gasteiger partial charge is 0.296 e. The van der Waals surface area contributed by atoms with Gasteiger partial charge in [-0.25, -0.2) is 0 Å². The van der Waals surface area contributed by atoms with E-state index in [0.29, 0.717) is 0 Å². The molecular formula is C20H34MgO3S. The Balaban J connectivity index is 0.00000576. The Bertz CT molecular complexity index is 503. The summed E-state index contributed by atoms with van der Waals surface area (Å²) in [5, 5.41) is 0. The molecule has 1 rings (SSSR count). The van der Waals surface area contributed by atoms with E-state index in [1.807, 2.05) is 0 Å². The predicted octanol–water partition coefficient (Wildman–Crippen LogP) is 5.71. The zero-order valence-electron chi connectivity index (χ0n) is 15.9. The third-order valence-corrected chi connectivity index (χ3v) is 5.59. The normalized spacial score (nSPS) is 11.2. The summed E-state index contributed by atoms with van der Waals surface area (Å²) in [6, 6.07) is 8.35. The summed E-state index contributed by atoms with van der Waals surface area (Å²) in [6.45, 7) is 2.54. The molecule has 0 saturated carbocycles. The monoisotopic (exact) mass is 378 g/mol. The standard InChI is InChI=1S/C20H34O3S.Mg/c1-2-3-4-5-6-7-8-9-10-11-12-16-19-23-24(21,22)20-17-14-13-15-18-20;/h13-15,17-18H,2-12,16,19H2,1H3;. The summed E-state index contributed by atoms with van der Waals surface area (Å²) in [4.78, 5) is 0.240. The topological polar surface area (TPSA) is 43.4 Å². The fourth-order valence-corrected chi connectivity index (χ4v) is 3.73. The van der Waals surface area contributed by atoms with Crippen LogP contribution in [0.3, 0.4) is 0 Å². The molecule has 0 aliphatic heterocycles. The fourth-order valence-electron chi connectivity index (χ4n) is 2.77. The lowest BCUT2D eigenvalue weighted by molar-refractivity contribution is 0.306. The van der Waals surface area contributed by atoms with Crippen molar-refractivity contribution in [1.29, 1.82) is 0 Å². The van der Waals surface area contributed by atoms with Crippen LogP contribution in [0.15, 0.2) is 35.2 Å². The highest BCUT2D eigenvalue weighted by Crippen LogP contribution is 2.14. The van der Waals surface area contributed by atoms with E-state index in [1.54, 1.807) is 30.3 Å². The molecule has 0 unspecified atom stereocenters. The second-order valence-electron chi connectivity index (χ2n) is 6.48. The molecule has 1 aromatic carbocycles. The second-order valence-corrected chi connectivity index (χ2v) is 8.09. The van der Waals surface area contributed by atoms with E-state index in [-0.39, 0.29) is 34.6 Å². The van der Waals surface area contributed by atoms with Gasteiger partial charge >= 0.3 is 0 Å². The van der Waals surface area contributed by atoms with Crippen LogP contribution in [0, 0.1) is 0 Å². The second kappa shape index (κ2) is 16.1. The van der Waals surface area contributed by atoms with Gasteiger partial charge in [0.25, 0.3) is 10.1 Å². The van der Waals surface area contributed by atoms with Crippen LogP contribution in [-0.2, 0) is 14.3 Å². The van der Waals surface area contributed by atoms with Gasteiger partial charge < -0.3 is 0 Å². The first-order chi connectivity index (χ1) is 11.7. The van der Waals surface area contributed by atoms with Crippen molar-refractivity contribution in [3.8, 4) is 0 Å². The lowest BCUT2D eigenvalue weighted by atomic mass is 10.1. The molecule has 1 aromatic rings. The molecule has 0 aliphatic rings. The molecule has 0 amide bonds. The van der Waals surface area contributed by atoms with E-state index in [4.69, 9.17) is 4.18 Å². The van der Waals surface area contributed by atoms with E-state index in [9.17, 15) is 8.42 Å². The number of unbranched alkanes of at least 4 members (excludes halogenated alkanes) is 11. The highest BCUT2D eigenvalue weighted by atomic mass is 32.2. The minimum Gasteiger partial charge on any atom is -0.266 e. The Hall–Kier alpha value is -0.104. The Morgan fingerprint density at radius 2 is 1.16 bits per heavy atom. The van der Waals surface area contributed by atoms with Crippen LogP contribution in [0.1, 0.15) is 84.0 Å². The first-order valence-corrected chi connectivity index (χ1v) is 11.0. The van der Waals surface area contributed by atoms with Crippen molar-refractivity contribution in [2.45, 2.75) is 88.9 Å². The fraction of sp³-hybridized carbons (Fsp3) is 0.700. The van der Waals surface area contributed by atoms with E-state index >= 15 is 0 Å². The lowest BCUT2D eigenvalue weighted by Crippen LogP contribution is -2.07. The summed E-state index contributed by atoms with van der Waals surface area (Å²) in [5.41, 5.74) is 0. The Labute approximate surface area is 171 Å². The van der Waals surface area contributed by atoms with E-state index in [2.05, 4.69) is 6.92 Å². The molecule has 3 nitrogen and oxygen atoms in total. The van der Waals surface area contributed by atoms with Crippen LogP contribution < -0.4 is 0 Å². The SMILES string of the molecule is CCCCCCCCCCCCCCOS(=O)(=O)c1ccccc1.[Mg]. The molecule has 140 valence electrons. The molecule has 5 heteroatoms. The van der Waals surface area contributed by atoms with Gasteiger partial charge in [-0.1, -0.05) is 95.8 Å². The molecule has 0 aromatic heterocycles. The van der Waals surface area contributed by atoms with Gasteiger partial charge in [0.15, 0.2) is 0 Å². The molecule has 0 fully saturated rings. The number of hydrogen-bond donors (Lipinski definition) is 0. The van der Waals surface area contributed by atoms with Crippen molar-refractivity contribution in [3.63, 3.8) is 0 Å². The summed E-state index contributed by atoms with van der Waals surface area (Å²) >= 11 is 0. The Kier molecular flexibility index (Phi) is 16.0. The summed E-state index contributed by atoms with van der Waals surface area (Å²) in [5.74, 6) is 0. The average Bonchev–Trinajstić information content (AvgIpc) is 2.60. The minimum atomic E-state index is -3.57. The average molecular weight is 379 g/mol. The lowest BCUT2D eigenvalue weighted by Gasteiger charge is -2.05. The molecule has 0 bridgehead atoms. The van der Waals surface area contributed by atoms with Crippen LogP contribution in [-0.4, -0.2) is 38.1 Å². The van der Waals surface area contributed by atoms with Crippen LogP contribution in [0.2, 0.25) is 0 Å². The molecule has 0 spiro atoms. The first-order valence-electron chi connectivity index (χ1n) is 9.61. The highest BCUT2D eigenvalue weighted by molar-refractivity contribution is 7.86. The smallest absolute Gasteiger partial charge is 0.266 e. The Morgan fingerprint density at radius 1 is 0.720 bits per heavy atom. The first kappa shape index (κ1) is 24.9. The van der Waals surface area contributed by atoms with Crippen molar-refractivity contribution >= 4 is 33.2 Å². The number of benzene rings is 1. The van der Waals surface area contributed by atoms with Crippen LogP contribution in [0.25, 0.3) is 0 Å². The van der Waals surface area contributed by atoms with E-state index in [1.165, 1.54) is 64.2 Å². The van der Waals surface area contributed by atoms with Gasteiger partial charge in [-0.05, 0) is 18.6 Å². The maximum Gasteiger partial charge on any atom is 0.296 e. The Morgan fingerprint density at radius 3 is 1.64 bits per heavy atom. The maximum absolute atomic E-state index is 11.9. The van der Waals surface area contributed by atoms with Crippen molar-refractivity contribution < 1.29 is 12.6 Å². The van der Waals surface area contributed by atoms with Crippen molar-refractivity contribution in [1.82, 2.24) is 0 Å². The van der Waals surface area contributed by atoms with Crippen LogP contribution in [0.5, 0.6) is 0 Å². The molecular weight excluding hydrogens is 345 g/mol. The van der Waals surface area contributed by atoms with Gasteiger partial charge in [0.1, 0.15) is 0 Å². The van der Waals surface area contributed by atoms with E-state index in [0.717, 1.165) is 12.8 Å². The summed E-state index contributed by atoms with van der Waals surface area (Å²) < 4.78 is 28.9. The minimum absolute atomic E-state index is 0. The molecule has 0 saturated heterocycles. The molecule has 0 heterocycles. The maximum atomic E-state index is 11.9. The van der Waals surface area contributed by atoms with Gasteiger partial charge in [0, 0.05) is 23.1 Å². The van der Waals surface area contributed by atoms with Crippen LogP contribution >= 0.6 is 0 Å². The van der Waals surface area contributed by atoms with Gasteiger partial charge in [-0.2, -0.15) is 8.42 Å². The summed E-state index contributed by atoms with van der Waals surface area (Å²) in [6.07, 6.45) is 15.1. The van der Waals surface area contributed by atoms with Gasteiger partial charge in [0.05, 0.1) is 11.5 Å². The third-order valence-electron chi connectivity index (χ3n) is 4.27. The summed E-state index contributed by atoms with van der Waals surface area (Å²) in [7, 11) is -3.57. The van der Waals surface area contributed by atoms with Crippen LogP contribution in [0.4, 0.5) is 0 Å². The molecule has 2 radical (unpaired) electrons. The molecule has 0 N–H and O–H groups in total. The predicted molar refractivity (Wildman–Crippen MR) is 106 cm³/mol. The molecule has 0 aliphatic carbocycles. The number of rotatable bonds is 15. The molecule has 0 atom stereocenters. The molecule has 25 heavy (non-hydrogen) atoms. The van der Waals surface area contributed by atoms with Gasteiger partial charge in [-0.3, -0.25) is 4.18 Å². The third kappa shape index (κ3) is 12.8.